The fourth-order valence-electron chi connectivity index (χ4n) is 0.947. The van der Waals surface area contributed by atoms with Crippen molar-refractivity contribution in [3.8, 4) is 0 Å². The third-order valence-electron chi connectivity index (χ3n) is 1.63. The smallest absolute Gasteiger partial charge is 0.178 e. The molecule has 1 aliphatic heterocycles. The number of carbonyl (C=O) groups is 1. The Labute approximate surface area is 70.6 Å². The van der Waals surface area contributed by atoms with Crippen molar-refractivity contribution in [2.75, 3.05) is 6.54 Å². The zero-order valence-corrected chi connectivity index (χ0v) is 6.85. The highest BCUT2D eigenvalue weighted by Gasteiger charge is 2.12. The maximum Gasteiger partial charge on any atom is 0.178 e. The van der Waals surface area contributed by atoms with Gasteiger partial charge in [-0.3, -0.25) is 10.2 Å². The Hall–Kier alpha value is -1.58. The molecule has 0 saturated heterocycles. The zero-order chi connectivity index (χ0) is 9.14. The summed E-state index contributed by atoms with van der Waals surface area (Å²) in [5.41, 5.74) is 6.64. The SMILES string of the molecule is CC(=O)C(=N)C1=C(N)CNC=C1. The minimum absolute atomic E-state index is 0.0229. The van der Waals surface area contributed by atoms with Crippen LogP contribution in [0.3, 0.4) is 0 Å². The predicted octanol–water partition coefficient (Wildman–Crippen LogP) is -0.0751. The molecule has 0 radical (unpaired) electrons. The molecule has 4 N–H and O–H groups in total. The van der Waals surface area contributed by atoms with Gasteiger partial charge in [0.2, 0.25) is 0 Å². The zero-order valence-electron chi connectivity index (χ0n) is 6.85. The number of allylic oxidation sites excluding steroid dienone is 2. The van der Waals surface area contributed by atoms with Gasteiger partial charge < -0.3 is 11.1 Å². The molecule has 1 heterocycles. The number of hydrogen-bond donors (Lipinski definition) is 3. The van der Waals surface area contributed by atoms with E-state index in [2.05, 4.69) is 5.32 Å². The van der Waals surface area contributed by atoms with Crippen LogP contribution in [0.1, 0.15) is 6.92 Å². The number of nitrogens with two attached hydrogens (primary N) is 1. The summed E-state index contributed by atoms with van der Waals surface area (Å²) in [6.07, 6.45) is 3.33. The first-order valence-corrected chi connectivity index (χ1v) is 3.61. The number of Topliss-reactive ketones (excluding diaryl/α,β-unsaturated/α-hetero) is 1. The Morgan fingerprint density at radius 1 is 1.75 bits per heavy atom. The summed E-state index contributed by atoms with van der Waals surface area (Å²) in [7, 11) is 0. The first-order valence-electron chi connectivity index (χ1n) is 3.61. The molecule has 0 aliphatic carbocycles. The number of nitrogens with one attached hydrogen (secondary N) is 2. The molecule has 0 fully saturated rings. The van der Waals surface area contributed by atoms with Gasteiger partial charge in [-0.1, -0.05) is 0 Å². The molecular weight excluding hydrogens is 154 g/mol. The molecule has 0 bridgehead atoms. The molecule has 4 heteroatoms. The van der Waals surface area contributed by atoms with Crippen molar-refractivity contribution < 1.29 is 4.79 Å². The lowest BCUT2D eigenvalue weighted by molar-refractivity contribution is -0.111. The summed E-state index contributed by atoms with van der Waals surface area (Å²) in [6, 6.07) is 0. The van der Waals surface area contributed by atoms with Gasteiger partial charge in [0.25, 0.3) is 0 Å². The molecule has 1 aliphatic rings. The number of dihydropyridines is 1. The van der Waals surface area contributed by atoms with Gasteiger partial charge in [-0.15, -0.1) is 0 Å². The third-order valence-corrected chi connectivity index (χ3v) is 1.63. The van der Waals surface area contributed by atoms with Gasteiger partial charge in [-0.25, -0.2) is 0 Å². The van der Waals surface area contributed by atoms with Gasteiger partial charge in [0.05, 0.1) is 6.54 Å². The fraction of sp³-hybridized carbons (Fsp3) is 0.250. The highest BCUT2D eigenvalue weighted by atomic mass is 16.1. The summed E-state index contributed by atoms with van der Waals surface area (Å²) in [5, 5.41) is 10.3. The maximum atomic E-state index is 10.8. The Bertz CT molecular complexity index is 289. The predicted molar refractivity (Wildman–Crippen MR) is 46.8 cm³/mol. The van der Waals surface area contributed by atoms with Gasteiger partial charge in [-0.05, 0) is 12.3 Å². The van der Waals surface area contributed by atoms with E-state index < -0.39 is 0 Å². The average molecular weight is 165 g/mol. The van der Waals surface area contributed by atoms with E-state index in [0.717, 1.165) is 0 Å². The monoisotopic (exact) mass is 165 g/mol. The van der Waals surface area contributed by atoms with E-state index in [9.17, 15) is 4.79 Å². The summed E-state index contributed by atoms with van der Waals surface area (Å²) in [5.74, 6) is -0.264. The second-order valence-corrected chi connectivity index (χ2v) is 2.58. The Morgan fingerprint density at radius 2 is 2.42 bits per heavy atom. The van der Waals surface area contributed by atoms with E-state index in [1.54, 1.807) is 12.3 Å². The van der Waals surface area contributed by atoms with Crippen LogP contribution in [0.4, 0.5) is 0 Å². The van der Waals surface area contributed by atoms with Crippen molar-refractivity contribution in [2.45, 2.75) is 6.92 Å². The van der Waals surface area contributed by atoms with Crippen LogP contribution < -0.4 is 11.1 Å². The number of ketones is 1. The van der Waals surface area contributed by atoms with Crippen LogP contribution in [0, 0.1) is 5.41 Å². The van der Waals surface area contributed by atoms with E-state index in [-0.39, 0.29) is 11.5 Å². The van der Waals surface area contributed by atoms with Crippen LogP contribution in [-0.2, 0) is 4.79 Å². The van der Waals surface area contributed by atoms with Gasteiger partial charge >= 0.3 is 0 Å². The van der Waals surface area contributed by atoms with Crippen molar-refractivity contribution >= 4 is 11.5 Å². The van der Waals surface area contributed by atoms with Gasteiger partial charge in [-0.2, -0.15) is 0 Å². The molecule has 0 amide bonds. The number of hydrogen-bond acceptors (Lipinski definition) is 4. The minimum Gasteiger partial charge on any atom is -0.400 e. The number of carbonyl (C=O) groups excluding carboxylic acids is 1. The largest absolute Gasteiger partial charge is 0.400 e. The highest BCUT2D eigenvalue weighted by Crippen LogP contribution is 2.06. The van der Waals surface area contributed by atoms with Crippen LogP contribution in [0.5, 0.6) is 0 Å². The first kappa shape index (κ1) is 8.52. The molecule has 64 valence electrons. The lowest BCUT2D eigenvalue weighted by Gasteiger charge is -2.12. The van der Waals surface area contributed by atoms with E-state index in [1.165, 1.54) is 6.92 Å². The van der Waals surface area contributed by atoms with E-state index in [4.69, 9.17) is 11.1 Å². The standard InChI is InChI=1S/C8H11N3O/c1-5(12)8(10)6-2-3-11-4-7(6)9/h2-3,10-11H,4,9H2,1H3. The third kappa shape index (κ3) is 1.53. The Morgan fingerprint density at radius 3 is 2.92 bits per heavy atom. The fourth-order valence-corrected chi connectivity index (χ4v) is 0.947. The molecule has 12 heavy (non-hydrogen) atoms. The van der Waals surface area contributed by atoms with Gasteiger partial charge in [0, 0.05) is 18.2 Å². The first-order chi connectivity index (χ1) is 5.63. The van der Waals surface area contributed by atoms with E-state index in [0.29, 0.717) is 17.8 Å². The molecule has 0 unspecified atom stereocenters. The summed E-state index contributed by atoms with van der Waals surface area (Å²) < 4.78 is 0. The molecule has 0 spiro atoms. The molecular formula is C8H11N3O. The molecule has 4 nitrogen and oxygen atoms in total. The van der Waals surface area contributed by atoms with Crippen LogP contribution in [0.2, 0.25) is 0 Å². The van der Waals surface area contributed by atoms with Crippen molar-refractivity contribution in [3.05, 3.63) is 23.5 Å². The summed E-state index contributed by atoms with van der Waals surface area (Å²) in [4.78, 5) is 10.8. The number of rotatable bonds is 2. The average Bonchev–Trinajstić information content (AvgIpc) is 2.04. The highest BCUT2D eigenvalue weighted by molar-refractivity contribution is 6.45. The summed E-state index contributed by atoms with van der Waals surface area (Å²) >= 11 is 0. The van der Waals surface area contributed by atoms with Crippen molar-refractivity contribution in [1.82, 2.24) is 5.32 Å². The lowest BCUT2D eigenvalue weighted by atomic mass is 10.0. The van der Waals surface area contributed by atoms with Crippen molar-refractivity contribution in [3.63, 3.8) is 0 Å². The topological polar surface area (TPSA) is 79.0 Å². The molecule has 0 aromatic rings. The Kier molecular flexibility index (Phi) is 2.28. The van der Waals surface area contributed by atoms with Crippen LogP contribution in [0.25, 0.3) is 0 Å². The second kappa shape index (κ2) is 3.21. The summed E-state index contributed by atoms with van der Waals surface area (Å²) in [6.45, 7) is 1.86. The maximum absolute atomic E-state index is 10.8. The molecule has 0 saturated carbocycles. The van der Waals surface area contributed by atoms with E-state index >= 15 is 0 Å². The van der Waals surface area contributed by atoms with Crippen molar-refractivity contribution in [2.24, 2.45) is 5.73 Å². The van der Waals surface area contributed by atoms with Crippen LogP contribution in [-0.4, -0.2) is 18.0 Å². The van der Waals surface area contributed by atoms with Crippen molar-refractivity contribution in [1.29, 1.82) is 5.41 Å². The Balaban J connectivity index is 2.94. The molecule has 0 aromatic heterocycles. The molecule has 0 atom stereocenters. The minimum atomic E-state index is -0.264. The second-order valence-electron chi connectivity index (χ2n) is 2.58. The molecule has 1 rings (SSSR count). The molecule has 0 aromatic carbocycles. The van der Waals surface area contributed by atoms with Gasteiger partial charge in [0.15, 0.2) is 5.78 Å². The van der Waals surface area contributed by atoms with Crippen LogP contribution >= 0.6 is 0 Å². The van der Waals surface area contributed by atoms with Gasteiger partial charge in [0.1, 0.15) is 5.71 Å². The lowest BCUT2D eigenvalue weighted by Crippen LogP contribution is -2.25. The van der Waals surface area contributed by atoms with E-state index in [1.807, 2.05) is 0 Å². The normalized spacial score (nSPS) is 15.8. The van der Waals surface area contributed by atoms with Crippen LogP contribution in [0.15, 0.2) is 23.5 Å². The quantitative estimate of drug-likeness (QED) is 0.501.